The van der Waals surface area contributed by atoms with E-state index in [0.717, 1.165) is 37.5 Å². The quantitative estimate of drug-likeness (QED) is 0.0959. The van der Waals surface area contributed by atoms with E-state index >= 15 is 0 Å². The van der Waals surface area contributed by atoms with Gasteiger partial charge < -0.3 is 14.2 Å². The molecule has 0 N–H and O–H groups in total. The summed E-state index contributed by atoms with van der Waals surface area (Å²) in [7, 11) is 0. The van der Waals surface area contributed by atoms with E-state index in [1.165, 1.54) is 51.4 Å². The van der Waals surface area contributed by atoms with Gasteiger partial charge in [-0.15, -0.1) is 0 Å². The molecular weight excluding hydrogens is 416 g/mol. The van der Waals surface area contributed by atoms with Crippen LogP contribution in [0.1, 0.15) is 105 Å². The molecule has 0 spiro atoms. The minimum atomic E-state index is -0.448. The highest BCUT2D eigenvalue weighted by molar-refractivity contribution is 5.88. The molecule has 0 heterocycles. The zero-order chi connectivity index (χ0) is 24.9. The molecule has 0 saturated heterocycles. The van der Waals surface area contributed by atoms with Gasteiger partial charge in [-0.25, -0.2) is 9.59 Å². The second-order valence-corrected chi connectivity index (χ2v) is 9.87. The van der Waals surface area contributed by atoms with E-state index in [9.17, 15) is 9.59 Å². The van der Waals surface area contributed by atoms with Gasteiger partial charge in [0.2, 0.25) is 0 Å². The van der Waals surface area contributed by atoms with Crippen molar-refractivity contribution in [1.29, 1.82) is 0 Å². The largest absolute Gasteiger partial charge is 0.462 e. The lowest BCUT2D eigenvalue weighted by Gasteiger charge is -2.10. The molecule has 0 fully saturated rings. The average molecular weight is 467 g/mol. The van der Waals surface area contributed by atoms with Gasteiger partial charge in [0.25, 0.3) is 0 Å². The van der Waals surface area contributed by atoms with E-state index in [1.54, 1.807) is 0 Å². The number of hydrogen-bond acceptors (Lipinski definition) is 5. The maximum absolute atomic E-state index is 11.9. The lowest BCUT2D eigenvalue weighted by Crippen LogP contribution is -2.16. The van der Waals surface area contributed by atoms with E-state index in [0.29, 0.717) is 13.2 Å². The standard InChI is InChI=1S/C28H50O5/c1-23(2)17-13-9-7-11-15-19-32-27(29)25(5)21-31-22-26(6)28(30)33-20-16-12-8-10-14-18-24(3)4/h23-24H,5-22H2,1-4H3. The van der Waals surface area contributed by atoms with Gasteiger partial charge in [0.1, 0.15) is 0 Å². The molecule has 0 saturated carbocycles. The zero-order valence-corrected chi connectivity index (χ0v) is 21.9. The van der Waals surface area contributed by atoms with E-state index in [-0.39, 0.29) is 24.4 Å². The van der Waals surface area contributed by atoms with Gasteiger partial charge in [-0.3, -0.25) is 0 Å². The Morgan fingerprint density at radius 2 is 0.909 bits per heavy atom. The van der Waals surface area contributed by atoms with E-state index in [1.807, 2.05) is 0 Å². The van der Waals surface area contributed by atoms with E-state index in [2.05, 4.69) is 40.9 Å². The van der Waals surface area contributed by atoms with Gasteiger partial charge in [0.05, 0.1) is 37.6 Å². The molecule has 5 nitrogen and oxygen atoms in total. The van der Waals surface area contributed by atoms with E-state index in [4.69, 9.17) is 14.2 Å². The Hall–Kier alpha value is -1.62. The Kier molecular flexibility index (Phi) is 19.9. The van der Waals surface area contributed by atoms with Crippen LogP contribution in [0.2, 0.25) is 0 Å². The van der Waals surface area contributed by atoms with Gasteiger partial charge in [0.15, 0.2) is 0 Å². The van der Waals surface area contributed by atoms with Crippen LogP contribution in [-0.2, 0) is 23.8 Å². The van der Waals surface area contributed by atoms with Crippen LogP contribution in [0.15, 0.2) is 24.3 Å². The lowest BCUT2D eigenvalue weighted by molar-refractivity contribution is -0.139. The van der Waals surface area contributed by atoms with Crippen molar-refractivity contribution in [3.63, 3.8) is 0 Å². The van der Waals surface area contributed by atoms with Crippen molar-refractivity contribution in [2.75, 3.05) is 26.4 Å². The first-order chi connectivity index (χ1) is 15.7. The monoisotopic (exact) mass is 466 g/mol. The zero-order valence-electron chi connectivity index (χ0n) is 21.9. The molecule has 5 heteroatoms. The summed E-state index contributed by atoms with van der Waals surface area (Å²) in [5.74, 6) is 0.634. The smallest absolute Gasteiger partial charge is 0.335 e. The number of ether oxygens (including phenoxy) is 3. The number of carbonyl (C=O) groups excluding carboxylic acids is 2. The van der Waals surface area contributed by atoms with Crippen molar-refractivity contribution in [2.24, 2.45) is 11.8 Å². The Labute approximate surface area is 203 Å². The van der Waals surface area contributed by atoms with Gasteiger partial charge in [0, 0.05) is 0 Å². The fourth-order valence-corrected chi connectivity index (χ4v) is 3.32. The predicted molar refractivity (Wildman–Crippen MR) is 136 cm³/mol. The molecule has 0 unspecified atom stereocenters. The maximum Gasteiger partial charge on any atom is 0.335 e. The van der Waals surface area contributed by atoms with Crippen molar-refractivity contribution in [1.82, 2.24) is 0 Å². The number of esters is 2. The second-order valence-electron chi connectivity index (χ2n) is 9.87. The van der Waals surface area contributed by atoms with Crippen molar-refractivity contribution < 1.29 is 23.8 Å². The van der Waals surface area contributed by atoms with Crippen LogP contribution in [0.3, 0.4) is 0 Å². The fourth-order valence-electron chi connectivity index (χ4n) is 3.32. The van der Waals surface area contributed by atoms with E-state index < -0.39 is 11.9 Å². The summed E-state index contributed by atoms with van der Waals surface area (Å²) in [6.45, 7) is 17.2. The normalized spacial score (nSPS) is 11.1. The van der Waals surface area contributed by atoms with Gasteiger partial charge in [-0.2, -0.15) is 0 Å². The summed E-state index contributed by atoms with van der Waals surface area (Å²) in [5.41, 5.74) is 0.483. The van der Waals surface area contributed by atoms with Crippen LogP contribution in [0.4, 0.5) is 0 Å². The molecule has 0 aromatic rings. The topological polar surface area (TPSA) is 61.8 Å². The van der Waals surface area contributed by atoms with Gasteiger partial charge in [-0.1, -0.05) is 105 Å². The molecule has 0 radical (unpaired) electrons. The summed E-state index contributed by atoms with van der Waals surface area (Å²) in [5, 5.41) is 0. The highest BCUT2D eigenvalue weighted by Gasteiger charge is 2.12. The minimum absolute atomic E-state index is 0.0106. The predicted octanol–water partition coefficient (Wildman–Crippen LogP) is 7.20. The molecule has 0 amide bonds. The highest BCUT2D eigenvalue weighted by atomic mass is 16.5. The summed E-state index contributed by atoms with van der Waals surface area (Å²) in [4.78, 5) is 23.9. The lowest BCUT2D eigenvalue weighted by atomic mass is 10.0. The molecule has 0 aliphatic carbocycles. The summed E-state index contributed by atoms with van der Waals surface area (Å²) in [6, 6.07) is 0. The average Bonchev–Trinajstić information content (AvgIpc) is 2.76. The number of hydrogen-bond donors (Lipinski definition) is 0. The molecule has 0 aromatic carbocycles. The third kappa shape index (κ3) is 20.7. The van der Waals surface area contributed by atoms with Crippen LogP contribution in [0, 0.1) is 11.8 Å². The van der Waals surface area contributed by atoms with Crippen LogP contribution < -0.4 is 0 Å². The third-order valence-electron chi connectivity index (χ3n) is 5.45. The van der Waals surface area contributed by atoms with Gasteiger partial charge >= 0.3 is 11.9 Å². The first-order valence-corrected chi connectivity index (χ1v) is 13.0. The van der Waals surface area contributed by atoms with Crippen molar-refractivity contribution in [3.05, 3.63) is 24.3 Å². The molecule has 0 aliphatic rings. The first kappa shape index (κ1) is 31.4. The van der Waals surface area contributed by atoms with Crippen molar-refractivity contribution >= 4 is 11.9 Å². The number of unbranched alkanes of at least 4 members (excludes halogenated alkanes) is 8. The Bertz CT molecular complexity index is 502. The highest BCUT2D eigenvalue weighted by Crippen LogP contribution is 2.12. The molecular formula is C28H50O5. The fraction of sp³-hybridized carbons (Fsp3) is 0.786. The number of rotatable bonds is 22. The maximum atomic E-state index is 11.9. The Morgan fingerprint density at radius 1 is 0.576 bits per heavy atom. The van der Waals surface area contributed by atoms with Crippen LogP contribution in [0.5, 0.6) is 0 Å². The SMILES string of the molecule is C=C(COCC(=C)C(=O)OCCCCCCCC(C)C)C(=O)OCCCCCCCC(C)C. The summed E-state index contributed by atoms with van der Waals surface area (Å²) in [6.07, 6.45) is 13.7. The van der Waals surface area contributed by atoms with Crippen LogP contribution >= 0.6 is 0 Å². The van der Waals surface area contributed by atoms with Gasteiger partial charge in [-0.05, 0) is 24.7 Å². The third-order valence-corrected chi connectivity index (χ3v) is 5.45. The minimum Gasteiger partial charge on any atom is -0.462 e. The molecule has 0 rings (SSSR count). The molecule has 0 atom stereocenters. The molecule has 0 aliphatic heterocycles. The second kappa shape index (κ2) is 20.9. The Balaban J connectivity index is 3.66. The molecule has 192 valence electrons. The van der Waals surface area contributed by atoms with Crippen molar-refractivity contribution in [2.45, 2.75) is 105 Å². The number of carbonyl (C=O) groups is 2. The molecule has 0 bridgehead atoms. The molecule has 0 aromatic heterocycles. The molecule has 33 heavy (non-hydrogen) atoms. The van der Waals surface area contributed by atoms with Crippen LogP contribution in [-0.4, -0.2) is 38.4 Å². The van der Waals surface area contributed by atoms with Crippen LogP contribution in [0.25, 0.3) is 0 Å². The summed E-state index contributed by atoms with van der Waals surface area (Å²) < 4.78 is 15.8. The Morgan fingerprint density at radius 3 is 1.27 bits per heavy atom. The first-order valence-electron chi connectivity index (χ1n) is 13.0. The summed E-state index contributed by atoms with van der Waals surface area (Å²) >= 11 is 0. The van der Waals surface area contributed by atoms with Crippen molar-refractivity contribution in [3.8, 4) is 0 Å².